The number of aromatic amines is 1. The summed E-state index contributed by atoms with van der Waals surface area (Å²) in [7, 11) is 0. The average molecular weight is 276 g/mol. The van der Waals surface area contributed by atoms with Gasteiger partial charge >= 0.3 is 0 Å². The van der Waals surface area contributed by atoms with Gasteiger partial charge in [0.25, 0.3) is 5.56 Å². The second-order valence-electron chi connectivity index (χ2n) is 3.75. The Morgan fingerprint density at radius 3 is 2.79 bits per heavy atom. The highest BCUT2D eigenvalue weighted by atomic mass is 32.2. The number of carbonyl (C=O) groups is 1. The average Bonchev–Trinajstić information content (AvgIpc) is 2.40. The van der Waals surface area contributed by atoms with E-state index in [1.54, 1.807) is 19.1 Å². The first-order valence-corrected chi connectivity index (χ1v) is 6.47. The van der Waals surface area contributed by atoms with Gasteiger partial charge in [0.15, 0.2) is 5.16 Å². The van der Waals surface area contributed by atoms with Crippen LogP contribution in [-0.4, -0.2) is 26.3 Å². The number of carbonyl (C=O) groups excluding carboxylic acids is 1. The van der Waals surface area contributed by atoms with Gasteiger partial charge in [0.1, 0.15) is 6.20 Å². The molecule has 0 radical (unpaired) electrons. The van der Waals surface area contributed by atoms with Gasteiger partial charge in [-0.3, -0.25) is 14.6 Å². The summed E-state index contributed by atoms with van der Waals surface area (Å²) in [6.45, 7) is 1.73. The lowest BCUT2D eigenvalue weighted by Gasteiger charge is -2.10. The Morgan fingerprint density at radius 2 is 2.11 bits per heavy atom. The second kappa shape index (κ2) is 6.14. The number of nitrogens with zero attached hydrogens (tertiary/aromatic N) is 2. The van der Waals surface area contributed by atoms with Crippen LogP contribution in [0, 0.1) is 0 Å². The Bertz CT molecular complexity index is 614. The van der Waals surface area contributed by atoms with Crippen molar-refractivity contribution in [3.63, 3.8) is 0 Å². The van der Waals surface area contributed by atoms with Crippen LogP contribution in [0.2, 0.25) is 0 Å². The van der Waals surface area contributed by atoms with E-state index in [2.05, 4.69) is 20.5 Å². The van der Waals surface area contributed by atoms with E-state index in [-0.39, 0.29) is 11.5 Å². The molecule has 2 N–H and O–H groups in total. The molecule has 0 aliphatic carbocycles. The minimum Gasteiger partial charge on any atom is -0.325 e. The fraction of sp³-hybridized carbons (Fsp3) is 0.167. The summed E-state index contributed by atoms with van der Waals surface area (Å²) in [5.41, 5.74) is 0.390. The van der Waals surface area contributed by atoms with E-state index in [1.165, 1.54) is 0 Å². The molecule has 0 saturated carbocycles. The van der Waals surface area contributed by atoms with Gasteiger partial charge in [0.05, 0.1) is 5.25 Å². The van der Waals surface area contributed by atoms with Crippen LogP contribution < -0.4 is 10.9 Å². The molecule has 2 aromatic rings. The predicted molar refractivity (Wildman–Crippen MR) is 73.0 cm³/mol. The number of nitrogens with one attached hydrogen (secondary N) is 2. The van der Waals surface area contributed by atoms with Crippen LogP contribution in [0.5, 0.6) is 0 Å². The summed E-state index contributed by atoms with van der Waals surface area (Å²) in [5.74, 6) is -0.164. The highest BCUT2D eigenvalue weighted by Gasteiger charge is 2.15. The smallest absolute Gasteiger partial charge is 0.270 e. The first kappa shape index (κ1) is 13.3. The third-order valence-electron chi connectivity index (χ3n) is 2.25. The van der Waals surface area contributed by atoms with E-state index in [9.17, 15) is 9.59 Å². The molecule has 1 heterocycles. The monoisotopic (exact) mass is 276 g/mol. The molecule has 1 amide bonds. The van der Waals surface area contributed by atoms with Crippen molar-refractivity contribution in [1.29, 1.82) is 0 Å². The molecule has 0 aliphatic rings. The second-order valence-corrected chi connectivity index (χ2v) is 5.08. The number of anilines is 1. The summed E-state index contributed by atoms with van der Waals surface area (Å²) in [6, 6.07) is 9.16. The maximum atomic E-state index is 11.9. The summed E-state index contributed by atoms with van der Waals surface area (Å²) >= 11 is 1.14. The third-order valence-corrected chi connectivity index (χ3v) is 3.23. The molecule has 98 valence electrons. The van der Waals surface area contributed by atoms with E-state index < -0.39 is 5.25 Å². The number of benzene rings is 1. The molecule has 0 unspecified atom stereocenters. The van der Waals surface area contributed by atoms with Crippen molar-refractivity contribution in [3.8, 4) is 0 Å². The Labute approximate surface area is 113 Å². The summed E-state index contributed by atoms with van der Waals surface area (Å²) < 4.78 is 0. The number of para-hydroxylation sites is 1. The van der Waals surface area contributed by atoms with Crippen molar-refractivity contribution in [2.75, 3.05) is 5.32 Å². The molecule has 0 bridgehead atoms. The van der Waals surface area contributed by atoms with Gasteiger partial charge in [0, 0.05) is 5.69 Å². The number of aromatic nitrogens is 3. The van der Waals surface area contributed by atoms with Gasteiger partial charge in [-0.1, -0.05) is 30.0 Å². The zero-order valence-corrected chi connectivity index (χ0v) is 11.0. The zero-order valence-electron chi connectivity index (χ0n) is 10.2. The quantitative estimate of drug-likeness (QED) is 0.821. The molecule has 1 atom stereocenters. The van der Waals surface area contributed by atoms with E-state index in [0.717, 1.165) is 23.6 Å². The van der Waals surface area contributed by atoms with Crippen LogP contribution in [-0.2, 0) is 4.79 Å². The third kappa shape index (κ3) is 3.92. The lowest BCUT2D eigenvalue weighted by molar-refractivity contribution is -0.115. The minimum atomic E-state index is -0.396. The molecular weight excluding hydrogens is 264 g/mol. The molecule has 7 heteroatoms. The molecule has 0 spiro atoms. The molecule has 6 nitrogen and oxygen atoms in total. The Hall–Kier alpha value is -2.15. The van der Waals surface area contributed by atoms with Crippen molar-refractivity contribution in [2.24, 2.45) is 0 Å². The molecule has 1 aromatic heterocycles. The van der Waals surface area contributed by atoms with Crippen molar-refractivity contribution >= 4 is 23.4 Å². The first-order valence-electron chi connectivity index (χ1n) is 5.60. The maximum Gasteiger partial charge on any atom is 0.270 e. The highest BCUT2D eigenvalue weighted by molar-refractivity contribution is 8.00. The number of rotatable bonds is 4. The van der Waals surface area contributed by atoms with Crippen molar-refractivity contribution in [2.45, 2.75) is 17.3 Å². The van der Waals surface area contributed by atoms with Gasteiger partial charge in [-0.15, -0.1) is 5.10 Å². The fourth-order valence-corrected chi connectivity index (χ4v) is 2.09. The largest absolute Gasteiger partial charge is 0.325 e. The van der Waals surface area contributed by atoms with E-state index in [1.807, 2.05) is 18.2 Å². The Morgan fingerprint density at radius 1 is 1.37 bits per heavy atom. The minimum absolute atomic E-state index is 0.164. The lowest BCUT2D eigenvalue weighted by atomic mass is 10.3. The van der Waals surface area contributed by atoms with E-state index in [0.29, 0.717) is 5.16 Å². The van der Waals surface area contributed by atoms with Gasteiger partial charge in [0.2, 0.25) is 5.91 Å². The lowest BCUT2D eigenvalue weighted by Crippen LogP contribution is -2.23. The Balaban J connectivity index is 1.98. The number of hydrogen-bond donors (Lipinski definition) is 2. The van der Waals surface area contributed by atoms with Crippen molar-refractivity contribution < 1.29 is 4.79 Å². The standard InChI is InChI=1S/C12H12N4O2S/c1-8(19-12-15-10(17)7-13-16-12)11(18)14-9-5-3-2-4-6-9/h2-8H,1H3,(H,14,18)(H,15,16,17)/t8-/m1/s1. The van der Waals surface area contributed by atoms with Crippen LogP contribution in [0.3, 0.4) is 0 Å². The summed E-state index contributed by atoms with van der Waals surface area (Å²) in [4.78, 5) is 25.5. The van der Waals surface area contributed by atoms with Crippen LogP contribution in [0.15, 0.2) is 46.5 Å². The van der Waals surface area contributed by atoms with Gasteiger partial charge in [-0.2, -0.15) is 5.10 Å². The van der Waals surface area contributed by atoms with Crippen molar-refractivity contribution in [1.82, 2.24) is 15.2 Å². The van der Waals surface area contributed by atoms with E-state index in [4.69, 9.17) is 0 Å². The van der Waals surface area contributed by atoms with Crippen LogP contribution in [0.4, 0.5) is 5.69 Å². The number of thioether (sulfide) groups is 1. The molecule has 1 aromatic carbocycles. The van der Waals surface area contributed by atoms with Crippen molar-refractivity contribution in [3.05, 3.63) is 46.9 Å². The topological polar surface area (TPSA) is 87.7 Å². The predicted octanol–water partition coefficient (Wildman–Crippen LogP) is 1.28. The van der Waals surface area contributed by atoms with Gasteiger partial charge < -0.3 is 5.32 Å². The first-order chi connectivity index (χ1) is 9.15. The molecular formula is C12H12N4O2S. The molecule has 19 heavy (non-hydrogen) atoms. The number of H-pyrrole nitrogens is 1. The summed E-state index contributed by atoms with van der Waals surface area (Å²) in [6.07, 6.45) is 1.08. The van der Waals surface area contributed by atoms with Crippen LogP contribution >= 0.6 is 11.8 Å². The normalized spacial score (nSPS) is 11.8. The van der Waals surface area contributed by atoms with E-state index >= 15 is 0 Å². The zero-order chi connectivity index (χ0) is 13.7. The SMILES string of the molecule is C[C@@H](Sc1nncc(=O)[nH]1)C(=O)Nc1ccccc1. The Kier molecular flexibility index (Phi) is 4.30. The molecule has 0 saturated heterocycles. The number of amides is 1. The summed E-state index contributed by atoms with van der Waals surface area (Å²) in [5, 5.41) is 9.98. The molecule has 0 aliphatic heterocycles. The van der Waals surface area contributed by atoms with Crippen LogP contribution in [0.1, 0.15) is 6.92 Å². The molecule has 0 fully saturated rings. The van der Waals surface area contributed by atoms with Gasteiger partial charge in [-0.05, 0) is 19.1 Å². The highest BCUT2D eigenvalue weighted by Crippen LogP contribution is 2.18. The molecule has 2 rings (SSSR count). The fourth-order valence-electron chi connectivity index (χ4n) is 1.34. The maximum absolute atomic E-state index is 11.9. The van der Waals surface area contributed by atoms with Crippen LogP contribution in [0.25, 0.3) is 0 Å². The number of hydrogen-bond acceptors (Lipinski definition) is 5. The van der Waals surface area contributed by atoms with Gasteiger partial charge in [-0.25, -0.2) is 0 Å².